The van der Waals surface area contributed by atoms with Gasteiger partial charge in [-0.1, -0.05) is 0 Å². The molecule has 0 aromatic heterocycles. The van der Waals surface area contributed by atoms with E-state index in [0.717, 1.165) is 0 Å². The summed E-state index contributed by atoms with van der Waals surface area (Å²) in [6.45, 7) is 0. The van der Waals surface area contributed by atoms with Crippen LogP contribution in [-0.2, 0) is 50.3 Å². The Morgan fingerprint density at radius 1 is 1.00 bits per heavy atom. The molecule has 0 saturated heterocycles. The van der Waals surface area contributed by atoms with Crippen LogP contribution in [0.15, 0.2) is 0 Å². The van der Waals surface area contributed by atoms with Crippen LogP contribution in [0.25, 0.3) is 0 Å². The molecule has 0 atom stereocenters. The van der Waals surface area contributed by atoms with E-state index >= 15 is 0 Å². The second-order valence-electron chi connectivity index (χ2n) is 0. The third kappa shape index (κ3) is 21.0. The van der Waals surface area contributed by atoms with E-state index in [0.29, 0.717) is 0 Å². The van der Waals surface area contributed by atoms with Gasteiger partial charge in [-0.2, -0.15) is 0 Å². The van der Waals surface area contributed by atoms with Crippen molar-refractivity contribution in [3.8, 4) is 0 Å². The van der Waals surface area contributed by atoms with Crippen LogP contribution in [0.2, 0.25) is 0 Å². The molecule has 39 valence electrons. The molecule has 0 aliphatic carbocycles. The normalized spacial score (nSPS) is 0. The summed E-state index contributed by atoms with van der Waals surface area (Å²) in [5, 5.41) is 0. The largest absolute Gasteiger partial charge is 0.316 e. The topological polar surface area (TPSA) is 0 Å². The Labute approximate surface area is 83.4 Å². The summed E-state index contributed by atoms with van der Waals surface area (Å²) < 4.78 is 0. The maximum absolute atomic E-state index is 0. The van der Waals surface area contributed by atoms with Crippen molar-refractivity contribution in [1.82, 2.24) is 0 Å². The molecule has 5 heavy (non-hydrogen) atoms. The minimum atomic E-state index is 0. The average Bonchev–Trinajstić information content (AvgIpc) is 0. The summed E-state index contributed by atoms with van der Waals surface area (Å²) >= 11 is 0. The van der Waals surface area contributed by atoms with Gasteiger partial charge < -0.3 is 0 Å². The van der Waals surface area contributed by atoms with Gasteiger partial charge in [0.1, 0.15) is 0 Å². The Balaban J connectivity index is 0. The minimum absolute atomic E-state index is 0. The van der Waals surface area contributed by atoms with E-state index in [2.05, 4.69) is 0 Å². The SMILES string of the molecule is [Co].[Fe].[MgH2].[Ni].[SiH4]. The molecule has 0 rings (SSSR count). The molecule has 0 aromatic rings. The van der Waals surface area contributed by atoms with Gasteiger partial charge in [0.25, 0.3) is 0 Å². The first-order chi connectivity index (χ1) is 0. The fourth-order valence-electron chi connectivity index (χ4n) is 0. The zero-order valence-electron chi connectivity index (χ0n) is 1.00. The van der Waals surface area contributed by atoms with Crippen molar-refractivity contribution in [2.45, 2.75) is 0 Å². The first-order valence-electron chi connectivity index (χ1n) is 0. The first kappa shape index (κ1) is 50.7. The van der Waals surface area contributed by atoms with Crippen molar-refractivity contribution < 1.29 is 50.3 Å². The monoisotopic (exact) mass is 231 g/mol. The second kappa shape index (κ2) is 31.4. The summed E-state index contributed by atoms with van der Waals surface area (Å²) in [7, 11) is 0. The van der Waals surface area contributed by atoms with E-state index in [-0.39, 0.29) is 84.4 Å². The van der Waals surface area contributed by atoms with Gasteiger partial charge in [0.2, 0.25) is 0 Å². The van der Waals surface area contributed by atoms with Crippen molar-refractivity contribution >= 4 is 34.0 Å². The van der Waals surface area contributed by atoms with Crippen LogP contribution in [0.5, 0.6) is 0 Å². The van der Waals surface area contributed by atoms with Gasteiger partial charge in [-0.05, 0) is 11.0 Å². The molecule has 5 heteroatoms. The summed E-state index contributed by atoms with van der Waals surface area (Å²) in [6.07, 6.45) is 0. The average molecular weight is 232 g/mol. The van der Waals surface area contributed by atoms with Crippen molar-refractivity contribution in [2.75, 3.05) is 0 Å². The molecule has 0 bridgehead atoms. The third-order valence-corrected chi connectivity index (χ3v) is 0. The van der Waals surface area contributed by atoms with Crippen molar-refractivity contribution in [1.29, 1.82) is 0 Å². The molecular weight excluding hydrogens is 226 g/mol. The molecule has 0 aliphatic heterocycles. The van der Waals surface area contributed by atoms with E-state index in [9.17, 15) is 0 Å². The maximum Gasteiger partial charge on any atom is 0.316 e. The summed E-state index contributed by atoms with van der Waals surface area (Å²) in [5.74, 6) is 0. The standard InChI is InChI=1S/Co.Fe.Mg.Ni.H4Si.2H/h;;;;1H4;;. The van der Waals surface area contributed by atoms with Crippen molar-refractivity contribution in [3.05, 3.63) is 0 Å². The molecule has 0 heterocycles. The molecule has 0 aliphatic rings. The summed E-state index contributed by atoms with van der Waals surface area (Å²) in [4.78, 5) is 0. The second-order valence-corrected chi connectivity index (χ2v) is 0. The summed E-state index contributed by atoms with van der Waals surface area (Å²) in [5.41, 5.74) is 0. The molecule has 0 fully saturated rings. The van der Waals surface area contributed by atoms with E-state index in [1.54, 1.807) is 0 Å². The first-order valence-corrected chi connectivity index (χ1v) is 0. The van der Waals surface area contributed by atoms with E-state index in [1.807, 2.05) is 0 Å². The van der Waals surface area contributed by atoms with E-state index < -0.39 is 0 Å². The molecule has 0 amide bonds. The Hall–Kier alpha value is 2.50. The fraction of sp³-hybridized carbons (Fsp3) is 0. The molecule has 0 saturated carbocycles. The zero-order valence-corrected chi connectivity index (χ0v) is 4.14. The zero-order chi connectivity index (χ0) is 0. The molecule has 0 spiro atoms. The fourth-order valence-corrected chi connectivity index (χ4v) is 0. The van der Waals surface area contributed by atoms with Gasteiger partial charge >= 0.3 is 23.1 Å². The molecule has 0 nitrogen and oxygen atoms in total. The van der Waals surface area contributed by atoms with Crippen LogP contribution in [0.4, 0.5) is 0 Å². The quantitative estimate of drug-likeness (QED) is 0.409. The van der Waals surface area contributed by atoms with Crippen LogP contribution < -0.4 is 0 Å². The molecule has 1 radical (unpaired) electrons. The van der Waals surface area contributed by atoms with Crippen molar-refractivity contribution in [3.63, 3.8) is 0 Å². The van der Waals surface area contributed by atoms with Gasteiger partial charge in [0.05, 0.1) is 0 Å². The third-order valence-electron chi connectivity index (χ3n) is 0. The van der Waals surface area contributed by atoms with Gasteiger partial charge in [-0.25, -0.2) is 0 Å². The Bertz CT molecular complexity index is 11.6. The predicted molar refractivity (Wildman–Crippen MR) is 19.9 cm³/mol. The van der Waals surface area contributed by atoms with Crippen LogP contribution in [0.1, 0.15) is 0 Å². The Morgan fingerprint density at radius 3 is 1.00 bits per heavy atom. The van der Waals surface area contributed by atoms with Crippen LogP contribution in [0.3, 0.4) is 0 Å². The number of hydrogen-bond acceptors (Lipinski definition) is 0. The van der Waals surface area contributed by atoms with Gasteiger partial charge in [-0.3, -0.25) is 0 Å². The Morgan fingerprint density at radius 2 is 1.00 bits per heavy atom. The number of rotatable bonds is 0. The van der Waals surface area contributed by atoms with Crippen LogP contribution in [-0.4, -0.2) is 34.0 Å². The molecule has 0 N–H and O–H groups in total. The smallest absolute Gasteiger partial charge is 0.0149 e. The van der Waals surface area contributed by atoms with Gasteiger partial charge in [0.15, 0.2) is 0 Å². The minimum Gasteiger partial charge on any atom is -0.0149 e. The molecule has 0 unspecified atom stereocenters. The van der Waals surface area contributed by atoms with E-state index in [1.165, 1.54) is 0 Å². The predicted octanol–water partition coefficient (Wildman–Crippen LogP) is -2.38. The van der Waals surface area contributed by atoms with Crippen LogP contribution >= 0.6 is 0 Å². The summed E-state index contributed by atoms with van der Waals surface area (Å²) in [6, 6.07) is 0. The van der Waals surface area contributed by atoms with Gasteiger partial charge in [-0.15, -0.1) is 0 Å². The molecule has 0 aromatic carbocycles. The Kier molecular flexibility index (Phi) is 318. The van der Waals surface area contributed by atoms with Crippen LogP contribution in [0, 0.1) is 0 Å². The maximum atomic E-state index is 0. The molecular formula is H6CoFeMgNiSi. The van der Waals surface area contributed by atoms with Crippen molar-refractivity contribution in [2.24, 2.45) is 0 Å². The number of hydrogen-bond donors (Lipinski definition) is 0. The van der Waals surface area contributed by atoms with Gasteiger partial charge in [0, 0.05) is 50.3 Å². The van der Waals surface area contributed by atoms with E-state index in [4.69, 9.17) is 0 Å².